The number of benzene rings is 3. The molecule has 154 valence electrons. The van der Waals surface area contributed by atoms with E-state index in [9.17, 15) is 13.2 Å². The molecule has 0 radical (unpaired) electrons. The van der Waals surface area contributed by atoms with E-state index in [2.05, 4.69) is 10.2 Å². The highest BCUT2D eigenvalue weighted by Crippen LogP contribution is 2.42. The Bertz CT molecular complexity index is 1700. The first-order chi connectivity index (χ1) is 15.0. The number of sulfonamides is 1. The van der Waals surface area contributed by atoms with Crippen molar-refractivity contribution in [2.24, 2.45) is 0 Å². The van der Waals surface area contributed by atoms with Gasteiger partial charge in [-0.3, -0.25) is 18.1 Å². The maximum atomic E-state index is 13.4. The van der Waals surface area contributed by atoms with Gasteiger partial charge in [-0.1, -0.05) is 36.4 Å². The molecule has 0 aliphatic carbocycles. The molecule has 0 bridgehead atoms. The molecule has 3 aromatic carbocycles. The zero-order chi connectivity index (χ0) is 21.3. The summed E-state index contributed by atoms with van der Waals surface area (Å²) in [6.45, 7) is 2.30. The third kappa shape index (κ3) is 2.29. The molecule has 0 atom stereocenters. The van der Waals surface area contributed by atoms with Crippen molar-refractivity contribution in [1.29, 1.82) is 0 Å². The van der Waals surface area contributed by atoms with Crippen LogP contribution in [-0.4, -0.2) is 27.6 Å². The van der Waals surface area contributed by atoms with Gasteiger partial charge in [0.05, 0.1) is 28.0 Å². The second-order valence-corrected chi connectivity index (χ2v) is 9.29. The lowest BCUT2D eigenvalue weighted by atomic mass is 10.1. The molecule has 1 aliphatic heterocycles. The standard InChI is InChI=1S/C22H17N5O3S/c1-2-25-21(28)15-9-3-4-10-16(15)27-19(23-24-22(25)27)13-26-17-11-5-7-14-8-6-12-18(20(14)17)31(26,29)30/h3-12H,2,13H2,1H3. The fraction of sp³-hybridized carbons (Fsp3) is 0.136. The minimum Gasteiger partial charge on any atom is -0.277 e. The molecule has 6 rings (SSSR count). The normalized spacial score (nSPS) is 14.8. The number of aromatic nitrogens is 4. The van der Waals surface area contributed by atoms with Crippen molar-refractivity contribution in [3.05, 3.63) is 76.8 Å². The lowest BCUT2D eigenvalue weighted by Gasteiger charge is -2.18. The number of anilines is 1. The summed E-state index contributed by atoms with van der Waals surface area (Å²) in [6, 6.07) is 18.1. The van der Waals surface area contributed by atoms with Crippen LogP contribution < -0.4 is 9.86 Å². The predicted molar refractivity (Wildman–Crippen MR) is 118 cm³/mol. The van der Waals surface area contributed by atoms with Crippen LogP contribution in [0.25, 0.3) is 27.5 Å². The molecule has 0 saturated carbocycles. The fourth-order valence-electron chi connectivity index (χ4n) is 4.46. The third-order valence-corrected chi connectivity index (χ3v) is 7.66. The van der Waals surface area contributed by atoms with E-state index in [4.69, 9.17) is 0 Å². The Balaban J connectivity index is 1.61. The lowest BCUT2D eigenvalue weighted by Crippen LogP contribution is -2.28. The van der Waals surface area contributed by atoms with Gasteiger partial charge >= 0.3 is 0 Å². The highest BCUT2D eigenvalue weighted by molar-refractivity contribution is 7.93. The number of fused-ring (bicyclic) bond motifs is 3. The molecule has 0 spiro atoms. The van der Waals surface area contributed by atoms with Gasteiger partial charge in [-0.2, -0.15) is 0 Å². The first-order valence-corrected chi connectivity index (χ1v) is 11.4. The highest BCUT2D eigenvalue weighted by atomic mass is 32.2. The number of hydrogen-bond acceptors (Lipinski definition) is 5. The predicted octanol–water partition coefficient (Wildman–Crippen LogP) is 2.93. The number of rotatable bonds is 3. The van der Waals surface area contributed by atoms with Crippen LogP contribution in [0.1, 0.15) is 12.7 Å². The van der Waals surface area contributed by atoms with Gasteiger partial charge in [-0.05, 0) is 36.6 Å². The van der Waals surface area contributed by atoms with Gasteiger partial charge in [0.25, 0.3) is 15.6 Å². The van der Waals surface area contributed by atoms with E-state index < -0.39 is 10.0 Å². The number of hydrogen-bond donors (Lipinski definition) is 0. The van der Waals surface area contributed by atoms with E-state index in [0.717, 1.165) is 5.39 Å². The molecule has 0 unspecified atom stereocenters. The summed E-state index contributed by atoms with van der Waals surface area (Å²) in [4.78, 5) is 13.2. The molecular weight excluding hydrogens is 414 g/mol. The quantitative estimate of drug-likeness (QED) is 0.438. The third-order valence-electron chi connectivity index (χ3n) is 5.86. The molecule has 0 saturated heterocycles. The molecule has 0 amide bonds. The molecule has 0 fully saturated rings. The van der Waals surface area contributed by atoms with Crippen molar-refractivity contribution in [2.45, 2.75) is 24.9 Å². The van der Waals surface area contributed by atoms with Gasteiger partial charge in [-0.25, -0.2) is 8.42 Å². The zero-order valence-corrected chi connectivity index (χ0v) is 17.4. The van der Waals surface area contributed by atoms with Crippen LogP contribution >= 0.6 is 0 Å². The molecule has 5 aromatic rings. The Morgan fingerprint density at radius 1 is 0.935 bits per heavy atom. The van der Waals surface area contributed by atoms with Crippen molar-refractivity contribution in [1.82, 2.24) is 19.2 Å². The van der Waals surface area contributed by atoms with E-state index in [0.29, 0.717) is 45.0 Å². The SMILES string of the molecule is CCn1c(=O)c2ccccc2n2c(CN3c4cccc5cccc(c45)S3(=O)=O)nnc12. The van der Waals surface area contributed by atoms with Crippen molar-refractivity contribution in [3.63, 3.8) is 0 Å². The van der Waals surface area contributed by atoms with Gasteiger partial charge in [0.2, 0.25) is 5.78 Å². The summed E-state index contributed by atoms with van der Waals surface area (Å²) < 4.78 is 31.5. The highest BCUT2D eigenvalue weighted by Gasteiger charge is 2.36. The van der Waals surface area contributed by atoms with E-state index in [1.165, 1.54) is 4.31 Å². The van der Waals surface area contributed by atoms with Crippen LogP contribution in [0.5, 0.6) is 0 Å². The van der Waals surface area contributed by atoms with Crippen LogP contribution in [0, 0.1) is 0 Å². The lowest BCUT2D eigenvalue weighted by molar-refractivity contribution is 0.592. The van der Waals surface area contributed by atoms with Gasteiger partial charge in [0, 0.05) is 11.9 Å². The number of nitrogens with zero attached hydrogens (tertiary/aromatic N) is 5. The molecular formula is C22H17N5O3S. The van der Waals surface area contributed by atoms with Crippen LogP contribution in [0.2, 0.25) is 0 Å². The number of para-hydroxylation sites is 1. The van der Waals surface area contributed by atoms with Gasteiger partial charge < -0.3 is 0 Å². The average Bonchev–Trinajstić information content (AvgIpc) is 3.29. The summed E-state index contributed by atoms with van der Waals surface area (Å²) >= 11 is 0. The molecule has 31 heavy (non-hydrogen) atoms. The minimum atomic E-state index is -3.74. The van der Waals surface area contributed by atoms with Crippen LogP contribution in [0.15, 0.2) is 70.4 Å². The average molecular weight is 431 g/mol. The Hall–Kier alpha value is -3.72. The fourth-order valence-corrected chi connectivity index (χ4v) is 6.12. The number of aryl methyl sites for hydroxylation is 1. The maximum Gasteiger partial charge on any atom is 0.265 e. The molecule has 2 aromatic heterocycles. The first kappa shape index (κ1) is 18.1. The topological polar surface area (TPSA) is 89.6 Å². The van der Waals surface area contributed by atoms with Crippen LogP contribution in [-0.2, 0) is 23.1 Å². The summed E-state index contributed by atoms with van der Waals surface area (Å²) in [6.07, 6.45) is 0. The van der Waals surface area contributed by atoms with Crippen molar-refractivity contribution in [2.75, 3.05) is 4.31 Å². The van der Waals surface area contributed by atoms with Crippen molar-refractivity contribution >= 4 is 43.2 Å². The van der Waals surface area contributed by atoms with Gasteiger partial charge in [-0.15, -0.1) is 10.2 Å². The van der Waals surface area contributed by atoms with Gasteiger partial charge in [0.15, 0.2) is 5.82 Å². The van der Waals surface area contributed by atoms with Gasteiger partial charge in [0.1, 0.15) is 0 Å². The van der Waals surface area contributed by atoms with E-state index >= 15 is 0 Å². The Kier molecular flexibility index (Phi) is 3.58. The monoisotopic (exact) mass is 431 g/mol. The summed E-state index contributed by atoms with van der Waals surface area (Å²) in [7, 11) is -3.74. The van der Waals surface area contributed by atoms with Crippen molar-refractivity contribution in [3.8, 4) is 0 Å². The van der Waals surface area contributed by atoms with E-state index in [1.807, 2.05) is 43.3 Å². The van der Waals surface area contributed by atoms with Crippen LogP contribution in [0.3, 0.4) is 0 Å². The Morgan fingerprint density at radius 3 is 2.52 bits per heavy atom. The van der Waals surface area contributed by atoms with Crippen molar-refractivity contribution < 1.29 is 8.42 Å². The second kappa shape index (κ2) is 6.14. The molecule has 3 heterocycles. The Labute approximate surface area is 177 Å². The van der Waals surface area contributed by atoms with E-state index in [-0.39, 0.29) is 12.1 Å². The Morgan fingerprint density at radius 2 is 1.71 bits per heavy atom. The largest absolute Gasteiger partial charge is 0.277 e. The molecule has 8 nitrogen and oxygen atoms in total. The zero-order valence-electron chi connectivity index (χ0n) is 16.6. The summed E-state index contributed by atoms with van der Waals surface area (Å²) in [5, 5.41) is 10.7. The summed E-state index contributed by atoms with van der Waals surface area (Å²) in [5.74, 6) is 0.843. The minimum absolute atomic E-state index is 0.00318. The molecule has 9 heteroatoms. The smallest absolute Gasteiger partial charge is 0.265 e. The summed E-state index contributed by atoms with van der Waals surface area (Å²) in [5.41, 5.74) is 1.13. The molecule has 0 N–H and O–H groups in total. The first-order valence-electron chi connectivity index (χ1n) is 9.92. The molecule has 1 aliphatic rings. The van der Waals surface area contributed by atoms with E-state index in [1.54, 1.807) is 33.2 Å². The maximum absolute atomic E-state index is 13.4. The van der Waals surface area contributed by atoms with Crippen LogP contribution in [0.4, 0.5) is 5.69 Å². The second-order valence-electron chi connectivity index (χ2n) is 7.46.